The summed E-state index contributed by atoms with van der Waals surface area (Å²) in [6.45, 7) is 2.03. The largest absolute Gasteiger partial charge is 0.457 e. The topological polar surface area (TPSA) is 93.7 Å². The number of carbonyl (C=O) groups excluding carboxylic acids is 2. The minimum atomic E-state index is -0.462. The molecule has 2 aromatic carbocycles. The summed E-state index contributed by atoms with van der Waals surface area (Å²) in [6, 6.07) is 15.5. The standard InChI is InChI=1S/C22H15IN2O5S/c1-13-2-7-16(25(28)29)10-18(13)19-9-8-17(30-19)11-20-21(26)24(22(27)31-20)12-14-3-5-15(23)6-4-14/h2-11H,12H2,1H3/b20-11-. The number of nitrogens with zero attached hydrogens (tertiary/aromatic N) is 2. The van der Waals surface area contributed by atoms with Crippen LogP contribution in [0, 0.1) is 20.6 Å². The van der Waals surface area contributed by atoms with Gasteiger partial charge >= 0.3 is 0 Å². The molecule has 1 saturated heterocycles. The molecule has 1 aromatic heterocycles. The van der Waals surface area contributed by atoms with Gasteiger partial charge in [-0.05, 0) is 76.7 Å². The van der Waals surface area contributed by atoms with E-state index in [2.05, 4.69) is 22.6 Å². The molecule has 2 amide bonds. The van der Waals surface area contributed by atoms with E-state index in [4.69, 9.17) is 4.42 Å². The van der Waals surface area contributed by atoms with Gasteiger partial charge in [0, 0.05) is 27.3 Å². The molecular weight excluding hydrogens is 531 g/mol. The Labute approximate surface area is 195 Å². The Hall–Kier alpha value is -2.92. The van der Waals surface area contributed by atoms with Crippen molar-refractivity contribution in [3.8, 4) is 11.3 Å². The van der Waals surface area contributed by atoms with Crippen molar-refractivity contribution in [1.82, 2.24) is 4.90 Å². The molecule has 0 saturated carbocycles. The van der Waals surface area contributed by atoms with Crippen LogP contribution < -0.4 is 0 Å². The Balaban J connectivity index is 1.56. The minimum Gasteiger partial charge on any atom is -0.457 e. The van der Waals surface area contributed by atoms with Crippen LogP contribution in [0.3, 0.4) is 0 Å². The normalized spacial score (nSPS) is 15.2. The van der Waals surface area contributed by atoms with Crippen LogP contribution in [0.4, 0.5) is 10.5 Å². The molecule has 1 aliphatic heterocycles. The van der Waals surface area contributed by atoms with Gasteiger partial charge in [-0.3, -0.25) is 24.6 Å². The maximum Gasteiger partial charge on any atom is 0.293 e. The highest BCUT2D eigenvalue weighted by atomic mass is 127. The molecule has 7 nitrogen and oxygen atoms in total. The number of imide groups is 1. The highest BCUT2D eigenvalue weighted by molar-refractivity contribution is 14.1. The first-order valence-corrected chi connectivity index (χ1v) is 11.1. The Morgan fingerprint density at radius 1 is 1.13 bits per heavy atom. The second-order valence-electron chi connectivity index (χ2n) is 6.85. The fourth-order valence-electron chi connectivity index (χ4n) is 3.10. The molecule has 9 heteroatoms. The van der Waals surface area contributed by atoms with Crippen molar-refractivity contribution in [2.75, 3.05) is 0 Å². The van der Waals surface area contributed by atoms with E-state index in [0.717, 1.165) is 26.5 Å². The molecule has 2 heterocycles. The molecule has 31 heavy (non-hydrogen) atoms. The summed E-state index contributed by atoms with van der Waals surface area (Å²) in [4.78, 5) is 37.2. The van der Waals surface area contributed by atoms with E-state index in [1.807, 2.05) is 31.2 Å². The van der Waals surface area contributed by atoms with E-state index in [0.29, 0.717) is 17.1 Å². The third kappa shape index (κ3) is 4.57. The Morgan fingerprint density at radius 3 is 2.58 bits per heavy atom. The van der Waals surface area contributed by atoms with Gasteiger partial charge < -0.3 is 4.42 Å². The van der Waals surface area contributed by atoms with Gasteiger partial charge in [0.15, 0.2) is 0 Å². The molecule has 4 rings (SSSR count). The van der Waals surface area contributed by atoms with E-state index < -0.39 is 4.92 Å². The monoisotopic (exact) mass is 546 g/mol. The lowest BCUT2D eigenvalue weighted by molar-refractivity contribution is -0.384. The molecule has 3 aromatic rings. The highest BCUT2D eigenvalue weighted by Crippen LogP contribution is 2.35. The van der Waals surface area contributed by atoms with Crippen molar-refractivity contribution in [1.29, 1.82) is 0 Å². The number of amides is 2. The fraction of sp³-hybridized carbons (Fsp3) is 0.0909. The molecule has 0 spiro atoms. The van der Waals surface area contributed by atoms with Crippen molar-refractivity contribution in [2.24, 2.45) is 0 Å². The molecule has 1 fully saturated rings. The number of hydrogen-bond acceptors (Lipinski definition) is 6. The molecule has 0 N–H and O–H groups in total. The number of hydrogen-bond donors (Lipinski definition) is 0. The van der Waals surface area contributed by atoms with E-state index in [1.54, 1.807) is 18.2 Å². The maximum atomic E-state index is 12.7. The molecule has 156 valence electrons. The quantitative estimate of drug-likeness (QED) is 0.169. The lowest BCUT2D eigenvalue weighted by atomic mass is 10.1. The number of halogens is 1. The second kappa shape index (κ2) is 8.67. The van der Waals surface area contributed by atoms with Gasteiger partial charge in [-0.2, -0.15) is 0 Å². The predicted molar refractivity (Wildman–Crippen MR) is 126 cm³/mol. The van der Waals surface area contributed by atoms with Gasteiger partial charge in [-0.1, -0.05) is 18.2 Å². The van der Waals surface area contributed by atoms with Gasteiger partial charge in [0.2, 0.25) is 0 Å². The van der Waals surface area contributed by atoms with Crippen molar-refractivity contribution in [3.05, 3.63) is 90.1 Å². The summed E-state index contributed by atoms with van der Waals surface area (Å²) < 4.78 is 6.87. The Bertz CT molecular complexity index is 1230. The number of nitro benzene ring substituents is 1. The molecule has 0 unspecified atom stereocenters. The predicted octanol–water partition coefficient (Wildman–Crippen LogP) is 6.00. The number of carbonyl (C=O) groups is 2. The molecule has 0 aliphatic carbocycles. The van der Waals surface area contributed by atoms with Crippen LogP contribution in [0.5, 0.6) is 0 Å². The van der Waals surface area contributed by atoms with Gasteiger partial charge in [0.25, 0.3) is 16.8 Å². The van der Waals surface area contributed by atoms with Crippen LogP contribution in [0.1, 0.15) is 16.9 Å². The van der Waals surface area contributed by atoms with Gasteiger partial charge in [-0.25, -0.2) is 0 Å². The minimum absolute atomic E-state index is 0.0322. The highest BCUT2D eigenvalue weighted by Gasteiger charge is 2.35. The fourth-order valence-corrected chi connectivity index (χ4v) is 4.28. The van der Waals surface area contributed by atoms with Crippen LogP contribution in [0.2, 0.25) is 0 Å². The summed E-state index contributed by atoms with van der Waals surface area (Å²) in [5.74, 6) is 0.462. The molecular formula is C22H15IN2O5S. The van der Waals surface area contributed by atoms with Crippen molar-refractivity contribution < 1.29 is 18.9 Å². The zero-order valence-electron chi connectivity index (χ0n) is 16.2. The number of benzene rings is 2. The van der Waals surface area contributed by atoms with Gasteiger partial charge in [0.1, 0.15) is 11.5 Å². The first-order valence-electron chi connectivity index (χ1n) is 9.17. The van der Waals surface area contributed by atoms with Crippen LogP contribution in [-0.2, 0) is 11.3 Å². The van der Waals surface area contributed by atoms with E-state index in [-0.39, 0.29) is 28.3 Å². The summed E-state index contributed by atoms with van der Waals surface area (Å²) in [6.07, 6.45) is 1.52. The average Bonchev–Trinajstić information content (AvgIpc) is 3.30. The summed E-state index contributed by atoms with van der Waals surface area (Å²) in [5, 5.41) is 10.7. The van der Waals surface area contributed by atoms with Crippen LogP contribution in [-0.4, -0.2) is 21.0 Å². The Morgan fingerprint density at radius 2 is 1.87 bits per heavy atom. The summed E-state index contributed by atoms with van der Waals surface area (Å²) >= 11 is 3.05. The lowest BCUT2D eigenvalue weighted by Crippen LogP contribution is -2.27. The smallest absolute Gasteiger partial charge is 0.293 e. The zero-order chi connectivity index (χ0) is 22.1. The Kier molecular flexibility index (Phi) is 5.96. The number of furan rings is 1. The van der Waals surface area contributed by atoms with E-state index in [1.165, 1.54) is 23.1 Å². The van der Waals surface area contributed by atoms with Crippen molar-refractivity contribution in [2.45, 2.75) is 13.5 Å². The number of rotatable bonds is 5. The first kappa shape index (κ1) is 21.3. The van der Waals surface area contributed by atoms with Crippen LogP contribution in [0.25, 0.3) is 17.4 Å². The average molecular weight is 546 g/mol. The van der Waals surface area contributed by atoms with E-state index >= 15 is 0 Å². The van der Waals surface area contributed by atoms with Crippen LogP contribution >= 0.6 is 34.4 Å². The number of non-ortho nitro benzene ring substituents is 1. The van der Waals surface area contributed by atoms with Gasteiger partial charge in [0.05, 0.1) is 16.4 Å². The molecule has 1 aliphatic rings. The number of thioether (sulfide) groups is 1. The maximum absolute atomic E-state index is 12.7. The summed E-state index contributed by atoms with van der Waals surface area (Å²) in [7, 11) is 0. The molecule has 0 bridgehead atoms. The van der Waals surface area contributed by atoms with Gasteiger partial charge in [-0.15, -0.1) is 0 Å². The molecule has 0 atom stereocenters. The van der Waals surface area contributed by atoms with Crippen LogP contribution in [0.15, 0.2) is 63.9 Å². The number of nitro groups is 1. The lowest BCUT2D eigenvalue weighted by Gasteiger charge is -2.12. The van der Waals surface area contributed by atoms with Crippen molar-refractivity contribution >= 4 is 57.3 Å². The SMILES string of the molecule is Cc1ccc([N+](=O)[O-])cc1-c1ccc(/C=C2\SC(=O)N(Cc3ccc(I)cc3)C2=O)o1. The zero-order valence-corrected chi connectivity index (χ0v) is 19.2. The summed E-state index contributed by atoms with van der Waals surface area (Å²) in [5.41, 5.74) is 2.26. The van der Waals surface area contributed by atoms with E-state index in [9.17, 15) is 19.7 Å². The second-order valence-corrected chi connectivity index (χ2v) is 9.09. The third-order valence-corrected chi connectivity index (χ3v) is 6.35. The van der Waals surface area contributed by atoms with Crippen molar-refractivity contribution in [3.63, 3.8) is 0 Å². The molecule has 0 radical (unpaired) electrons. The number of aryl methyl sites for hydroxylation is 1. The first-order chi connectivity index (χ1) is 14.8. The third-order valence-electron chi connectivity index (χ3n) is 4.73.